The van der Waals surface area contributed by atoms with Crippen molar-refractivity contribution >= 4 is 0 Å². The Bertz CT molecular complexity index is 126. The Labute approximate surface area is 70.4 Å². The first-order valence-corrected chi connectivity index (χ1v) is 4.05. The second-order valence-corrected chi connectivity index (χ2v) is 3.32. The lowest BCUT2D eigenvalue weighted by Crippen LogP contribution is -2.30. The highest BCUT2D eigenvalue weighted by Crippen LogP contribution is 2.08. The Hall–Kier alpha value is -0.560. The molecule has 0 radical (unpaired) electrons. The number of hydrogen-bond acceptors (Lipinski definition) is 1. The van der Waals surface area contributed by atoms with Gasteiger partial charge in [0, 0.05) is 6.04 Å². The minimum Gasteiger partial charge on any atom is -0.303 e. The van der Waals surface area contributed by atoms with Gasteiger partial charge < -0.3 is 4.90 Å². The quantitative estimate of drug-likeness (QED) is 0.560. The van der Waals surface area contributed by atoms with Crippen LogP contribution >= 0.6 is 0 Å². The molecule has 1 unspecified atom stereocenters. The average Bonchev–Trinajstić information content (AvgIpc) is 1.87. The summed E-state index contributed by atoms with van der Waals surface area (Å²) >= 11 is 0. The van der Waals surface area contributed by atoms with Gasteiger partial charge in [0.1, 0.15) is 0 Å². The SMILES string of the molecule is C=C/C=C\C(C(C)C)N(C)C. The normalized spacial score (nSPS) is 14.7. The van der Waals surface area contributed by atoms with E-state index in [4.69, 9.17) is 0 Å². The summed E-state index contributed by atoms with van der Waals surface area (Å²) in [6, 6.07) is 0.521. The molecule has 0 N–H and O–H groups in total. The minimum absolute atomic E-state index is 0.521. The molecule has 0 aromatic heterocycles. The second kappa shape index (κ2) is 5.14. The Kier molecular flexibility index (Phi) is 4.88. The van der Waals surface area contributed by atoms with Gasteiger partial charge in [-0.3, -0.25) is 0 Å². The van der Waals surface area contributed by atoms with Crippen molar-refractivity contribution in [2.45, 2.75) is 19.9 Å². The van der Waals surface area contributed by atoms with Crippen LogP contribution in [0.1, 0.15) is 13.8 Å². The van der Waals surface area contributed by atoms with E-state index in [1.165, 1.54) is 0 Å². The Balaban J connectivity index is 4.10. The standard InChI is InChI=1S/C10H19N/c1-6-7-8-10(9(2)3)11(4)5/h6-10H,1H2,2-5H3/b8-7-. The molecule has 0 aliphatic heterocycles. The van der Waals surface area contributed by atoms with Gasteiger partial charge >= 0.3 is 0 Å². The summed E-state index contributed by atoms with van der Waals surface area (Å²) in [5.74, 6) is 0.654. The third-order valence-corrected chi connectivity index (χ3v) is 1.72. The predicted octanol–water partition coefficient (Wildman–Crippen LogP) is 2.31. The van der Waals surface area contributed by atoms with E-state index in [1.54, 1.807) is 0 Å². The molecule has 0 saturated heterocycles. The van der Waals surface area contributed by atoms with Gasteiger partial charge in [-0.1, -0.05) is 38.7 Å². The van der Waals surface area contributed by atoms with E-state index in [-0.39, 0.29) is 0 Å². The molecule has 0 aromatic carbocycles. The zero-order chi connectivity index (χ0) is 8.85. The Morgan fingerprint density at radius 2 is 1.82 bits per heavy atom. The molecule has 0 bridgehead atoms. The highest BCUT2D eigenvalue weighted by Gasteiger charge is 2.10. The van der Waals surface area contributed by atoms with E-state index < -0.39 is 0 Å². The van der Waals surface area contributed by atoms with E-state index in [9.17, 15) is 0 Å². The summed E-state index contributed by atoms with van der Waals surface area (Å²) in [6.07, 6.45) is 6.00. The lowest BCUT2D eigenvalue weighted by atomic mass is 10.0. The average molecular weight is 153 g/mol. The van der Waals surface area contributed by atoms with Crippen molar-refractivity contribution in [3.63, 3.8) is 0 Å². The van der Waals surface area contributed by atoms with Gasteiger partial charge in [-0.15, -0.1) is 0 Å². The summed E-state index contributed by atoms with van der Waals surface area (Å²) < 4.78 is 0. The minimum atomic E-state index is 0.521. The molecular weight excluding hydrogens is 134 g/mol. The third kappa shape index (κ3) is 3.99. The summed E-state index contributed by atoms with van der Waals surface area (Å²) in [7, 11) is 4.19. The van der Waals surface area contributed by atoms with Gasteiger partial charge in [0.15, 0.2) is 0 Å². The fourth-order valence-corrected chi connectivity index (χ4v) is 1.18. The van der Waals surface area contributed by atoms with E-state index in [2.05, 4.69) is 45.5 Å². The molecule has 1 heteroatoms. The van der Waals surface area contributed by atoms with E-state index in [0.717, 1.165) is 0 Å². The van der Waals surface area contributed by atoms with Crippen LogP contribution in [0.4, 0.5) is 0 Å². The maximum Gasteiger partial charge on any atom is 0.0298 e. The van der Waals surface area contributed by atoms with Crippen LogP contribution in [0.15, 0.2) is 24.8 Å². The molecule has 0 aliphatic carbocycles. The van der Waals surface area contributed by atoms with Gasteiger partial charge in [-0.05, 0) is 20.0 Å². The maximum atomic E-state index is 3.65. The molecule has 0 amide bonds. The highest BCUT2D eigenvalue weighted by molar-refractivity contribution is 5.03. The molecule has 11 heavy (non-hydrogen) atoms. The van der Waals surface area contributed by atoms with Crippen LogP contribution in [0.5, 0.6) is 0 Å². The molecule has 1 atom stereocenters. The Morgan fingerprint density at radius 3 is 2.09 bits per heavy atom. The lowest BCUT2D eigenvalue weighted by molar-refractivity contribution is 0.280. The van der Waals surface area contributed by atoms with Crippen LogP contribution in [0.2, 0.25) is 0 Å². The Morgan fingerprint density at radius 1 is 1.27 bits per heavy atom. The monoisotopic (exact) mass is 153 g/mol. The summed E-state index contributed by atoms with van der Waals surface area (Å²) in [5.41, 5.74) is 0. The van der Waals surface area contributed by atoms with Crippen LogP contribution in [-0.2, 0) is 0 Å². The van der Waals surface area contributed by atoms with Crippen molar-refractivity contribution in [2.75, 3.05) is 14.1 Å². The molecule has 0 fully saturated rings. The van der Waals surface area contributed by atoms with Crippen molar-refractivity contribution in [1.29, 1.82) is 0 Å². The largest absolute Gasteiger partial charge is 0.303 e. The highest BCUT2D eigenvalue weighted by atomic mass is 15.1. The fraction of sp³-hybridized carbons (Fsp3) is 0.600. The van der Waals surface area contributed by atoms with Crippen LogP contribution in [0, 0.1) is 5.92 Å². The third-order valence-electron chi connectivity index (χ3n) is 1.72. The first-order chi connectivity index (χ1) is 5.09. The summed E-state index contributed by atoms with van der Waals surface area (Å²) in [6.45, 7) is 8.09. The van der Waals surface area contributed by atoms with Crippen molar-refractivity contribution in [3.8, 4) is 0 Å². The molecule has 0 aliphatic rings. The predicted molar refractivity (Wildman–Crippen MR) is 51.7 cm³/mol. The van der Waals surface area contributed by atoms with E-state index in [1.807, 2.05) is 12.2 Å². The molecule has 0 saturated carbocycles. The molecule has 1 nitrogen and oxygen atoms in total. The van der Waals surface area contributed by atoms with Gasteiger partial charge in [0.2, 0.25) is 0 Å². The van der Waals surface area contributed by atoms with Gasteiger partial charge in [0.25, 0.3) is 0 Å². The lowest BCUT2D eigenvalue weighted by Gasteiger charge is -2.24. The van der Waals surface area contributed by atoms with Crippen LogP contribution in [-0.4, -0.2) is 25.0 Å². The summed E-state index contributed by atoms with van der Waals surface area (Å²) in [4.78, 5) is 2.21. The van der Waals surface area contributed by atoms with Gasteiger partial charge in [0.05, 0.1) is 0 Å². The molecule has 0 rings (SSSR count). The van der Waals surface area contributed by atoms with Crippen molar-refractivity contribution in [1.82, 2.24) is 4.90 Å². The number of likely N-dealkylation sites (N-methyl/N-ethyl adjacent to an activating group) is 1. The van der Waals surface area contributed by atoms with Gasteiger partial charge in [-0.25, -0.2) is 0 Å². The van der Waals surface area contributed by atoms with E-state index in [0.29, 0.717) is 12.0 Å². The zero-order valence-electron chi connectivity index (χ0n) is 8.04. The zero-order valence-corrected chi connectivity index (χ0v) is 8.04. The topological polar surface area (TPSA) is 3.24 Å². The number of nitrogens with zero attached hydrogens (tertiary/aromatic N) is 1. The van der Waals surface area contributed by atoms with Crippen LogP contribution in [0.3, 0.4) is 0 Å². The smallest absolute Gasteiger partial charge is 0.0298 e. The molecule has 0 spiro atoms. The maximum absolute atomic E-state index is 3.65. The number of allylic oxidation sites excluding steroid dienone is 2. The molecule has 0 aromatic rings. The first kappa shape index (κ1) is 10.4. The van der Waals surface area contributed by atoms with E-state index >= 15 is 0 Å². The van der Waals surface area contributed by atoms with Crippen molar-refractivity contribution in [3.05, 3.63) is 24.8 Å². The fourth-order valence-electron chi connectivity index (χ4n) is 1.18. The number of hydrogen-bond donors (Lipinski definition) is 0. The molecule has 64 valence electrons. The number of rotatable bonds is 4. The van der Waals surface area contributed by atoms with Crippen molar-refractivity contribution in [2.24, 2.45) is 5.92 Å². The molecular formula is C10H19N. The first-order valence-electron chi connectivity index (χ1n) is 4.05. The van der Waals surface area contributed by atoms with Crippen LogP contribution in [0.25, 0.3) is 0 Å². The van der Waals surface area contributed by atoms with Gasteiger partial charge in [-0.2, -0.15) is 0 Å². The van der Waals surface area contributed by atoms with Crippen LogP contribution < -0.4 is 0 Å². The second-order valence-electron chi connectivity index (χ2n) is 3.32. The van der Waals surface area contributed by atoms with Crippen molar-refractivity contribution < 1.29 is 0 Å². The molecule has 0 heterocycles. The summed E-state index contributed by atoms with van der Waals surface area (Å²) in [5, 5.41) is 0.